The van der Waals surface area contributed by atoms with E-state index in [-0.39, 0.29) is 42.8 Å². The molecule has 0 spiro atoms. The molecule has 4 fully saturated rings. The smallest absolute Gasteiger partial charge is 0.348 e. The third-order valence-corrected chi connectivity index (χ3v) is 8.97. The maximum Gasteiger partial charge on any atom is 0.348 e. The van der Waals surface area contributed by atoms with Gasteiger partial charge in [0.05, 0.1) is 16.7 Å². The highest BCUT2D eigenvalue weighted by atomic mass is 35.5. The van der Waals surface area contributed by atoms with Crippen LogP contribution in [0.5, 0.6) is 0 Å². The molecule has 4 aliphatic heterocycles. The first kappa shape index (κ1) is 27.2. The summed E-state index contributed by atoms with van der Waals surface area (Å²) in [4.78, 5) is 46.2. The lowest BCUT2D eigenvalue weighted by Crippen LogP contribution is -2.55. The molecule has 38 heavy (non-hydrogen) atoms. The number of imidazole rings is 1. The second-order valence-electron chi connectivity index (χ2n) is 11.0. The van der Waals surface area contributed by atoms with Crippen LogP contribution >= 0.6 is 12.4 Å². The monoisotopic (exact) mass is 545 g/mol. The molecule has 4 aliphatic rings. The maximum atomic E-state index is 13.3. The predicted molar refractivity (Wildman–Crippen MR) is 151 cm³/mol. The van der Waals surface area contributed by atoms with Crippen LogP contribution in [0, 0.1) is 0 Å². The van der Waals surface area contributed by atoms with Gasteiger partial charge in [0.15, 0.2) is 0 Å². The van der Waals surface area contributed by atoms with Crippen molar-refractivity contribution in [2.45, 2.75) is 57.0 Å². The summed E-state index contributed by atoms with van der Waals surface area (Å²) in [5, 5.41) is 4.54. The molecule has 208 valence electrons. The van der Waals surface area contributed by atoms with Crippen molar-refractivity contribution < 1.29 is 9.59 Å². The third kappa shape index (κ3) is 4.87. The quantitative estimate of drug-likeness (QED) is 0.579. The molecule has 10 nitrogen and oxygen atoms in total. The van der Waals surface area contributed by atoms with Crippen LogP contribution in [-0.4, -0.2) is 95.3 Å². The summed E-state index contributed by atoms with van der Waals surface area (Å²) in [5.41, 5.74) is 2.03. The summed E-state index contributed by atoms with van der Waals surface area (Å²) in [6.45, 7) is 8.52. The number of fused-ring (bicyclic) bond motifs is 1. The van der Waals surface area contributed by atoms with Crippen LogP contribution in [0.4, 0.5) is 5.69 Å². The van der Waals surface area contributed by atoms with Crippen molar-refractivity contribution in [3.63, 3.8) is 0 Å². The Bertz CT molecular complexity index is 1210. The van der Waals surface area contributed by atoms with Crippen LogP contribution in [0.15, 0.2) is 23.0 Å². The highest BCUT2D eigenvalue weighted by Crippen LogP contribution is 2.29. The molecule has 5 heterocycles. The van der Waals surface area contributed by atoms with Gasteiger partial charge in [0, 0.05) is 58.2 Å². The van der Waals surface area contributed by atoms with Crippen molar-refractivity contribution in [1.82, 2.24) is 24.4 Å². The molecule has 2 amide bonds. The van der Waals surface area contributed by atoms with Crippen molar-refractivity contribution in [1.29, 1.82) is 0 Å². The zero-order chi connectivity index (χ0) is 25.5. The first-order valence-corrected chi connectivity index (χ1v) is 14.0. The van der Waals surface area contributed by atoms with E-state index in [1.807, 2.05) is 12.1 Å². The minimum absolute atomic E-state index is 0. The second-order valence-corrected chi connectivity index (χ2v) is 11.0. The highest BCUT2D eigenvalue weighted by molar-refractivity contribution is 6.11. The lowest BCUT2D eigenvalue weighted by Gasteiger charge is -2.45. The topological polar surface area (TPSA) is 86.1 Å². The number of benzene rings is 1. The van der Waals surface area contributed by atoms with Gasteiger partial charge in [-0.1, -0.05) is 6.07 Å². The number of carbonyl (C=O) groups is 2. The Morgan fingerprint density at radius 1 is 0.789 bits per heavy atom. The summed E-state index contributed by atoms with van der Waals surface area (Å²) in [6, 6.07) is 7.22. The highest BCUT2D eigenvalue weighted by Gasteiger charge is 2.33. The van der Waals surface area contributed by atoms with Gasteiger partial charge >= 0.3 is 5.69 Å². The van der Waals surface area contributed by atoms with Gasteiger partial charge in [-0.15, -0.1) is 12.4 Å². The van der Waals surface area contributed by atoms with Gasteiger partial charge in [0.25, 0.3) is 0 Å². The molecule has 0 unspecified atom stereocenters. The Kier molecular flexibility index (Phi) is 8.14. The zero-order valence-electron chi connectivity index (χ0n) is 22.3. The normalized spacial score (nSPS) is 23.3. The van der Waals surface area contributed by atoms with Crippen LogP contribution in [0.2, 0.25) is 0 Å². The first-order chi connectivity index (χ1) is 18.0. The number of likely N-dealkylation sites (tertiary alicyclic amines) is 1. The number of piperazine rings is 1. The standard InChI is InChI=1S/C27H39N7O3.ClH/c1-29-26-22(4-2-5-23(26)33(27(29)37)34-24(35)6-3-7-25(34)36)32-18-16-31(17-19-32)21-10-14-30(15-11-21)20-8-12-28-13-9-20;/h2,4-5,20-21,28H,3,6-19H2,1H3;1H. The molecule has 6 rings (SSSR count). The minimum atomic E-state index is -0.356. The van der Waals surface area contributed by atoms with E-state index in [9.17, 15) is 14.4 Å². The second kappa shape index (κ2) is 11.4. The number of amides is 2. The van der Waals surface area contributed by atoms with E-state index in [0.717, 1.165) is 61.5 Å². The average molecular weight is 546 g/mol. The van der Waals surface area contributed by atoms with Gasteiger partial charge in [-0.2, -0.15) is 9.69 Å². The molecule has 0 saturated carbocycles. The summed E-state index contributed by atoms with van der Waals surface area (Å²) in [6.07, 6.45) is 6.15. The number of aryl methyl sites for hydroxylation is 1. The number of aromatic nitrogens is 2. The molecule has 0 bridgehead atoms. The van der Waals surface area contributed by atoms with Gasteiger partial charge in [-0.25, -0.2) is 4.79 Å². The van der Waals surface area contributed by atoms with Crippen molar-refractivity contribution in [3.8, 4) is 0 Å². The van der Waals surface area contributed by atoms with Crippen LogP contribution in [-0.2, 0) is 16.6 Å². The fourth-order valence-corrected chi connectivity index (χ4v) is 6.90. The lowest BCUT2D eigenvalue weighted by atomic mass is 9.97. The summed E-state index contributed by atoms with van der Waals surface area (Å²) < 4.78 is 2.87. The number of anilines is 1. The van der Waals surface area contributed by atoms with Gasteiger partial charge in [-0.05, 0) is 70.4 Å². The number of imide groups is 1. The molecule has 0 atom stereocenters. The van der Waals surface area contributed by atoms with E-state index >= 15 is 0 Å². The van der Waals surface area contributed by atoms with Crippen molar-refractivity contribution in [2.75, 3.05) is 62.3 Å². The Morgan fingerprint density at radius 2 is 1.39 bits per heavy atom. The number of rotatable bonds is 4. The van der Waals surface area contributed by atoms with Crippen molar-refractivity contribution in [2.24, 2.45) is 7.05 Å². The lowest BCUT2D eigenvalue weighted by molar-refractivity contribution is -0.131. The molecule has 2 aromatic rings. The number of halogens is 1. The largest absolute Gasteiger partial charge is 0.367 e. The molecule has 4 saturated heterocycles. The Hall–Kier alpha value is -2.40. The Morgan fingerprint density at radius 3 is 2.05 bits per heavy atom. The van der Waals surface area contributed by atoms with E-state index in [4.69, 9.17) is 0 Å². The summed E-state index contributed by atoms with van der Waals surface area (Å²) in [7, 11) is 1.73. The zero-order valence-corrected chi connectivity index (χ0v) is 23.1. The van der Waals surface area contributed by atoms with Crippen LogP contribution < -0.4 is 20.9 Å². The number of nitrogens with zero attached hydrogens (tertiary/aromatic N) is 6. The minimum Gasteiger partial charge on any atom is -0.367 e. The molecular weight excluding hydrogens is 506 g/mol. The predicted octanol–water partition coefficient (Wildman–Crippen LogP) is 1.28. The molecule has 1 aromatic heterocycles. The number of para-hydroxylation sites is 1. The Labute approximate surface area is 229 Å². The van der Waals surface area contributed by atoms with Crippen molar-refractivity contribution >= 4 is 40.9 Å². The van der Waals surface area contributed by atoms with E-state index < -0.39 is 0 Å². The number of hydrogen-bond donors (Lipinski definition) is 1. The number of piperidine rings is 3. The van der Waals surface area contributed by atoms with Crippen LogP contribution in [0.25, 0.3) is 11.0 Å². The first-order valence-electron chi connectivity index (χ1n) is 14.0. The van der Waals surface area contributed by atoms with Gasteiger partial charge in [0.1, 0.15) is 0 Å². The molecule has 0 radical (unpaired) electrons. The molecular formula is C27H40ClN7O3. The van der Waals surface area contributed by atoms with Crippen LogP contribution in [0.1, 0.15) is 44.9 Å². The molecule has 1 aromatic carbocycles. The maximum absolute atomic E-state index is 13.3. The van der Waals surface area contributed by atoms with E-state index in [1.54, 1.807) is 11.6 Å². The fourth-order valence-electron chi connectivity index (χ4n) is 6.90. The average Bonchev–Trinajstić information content (AvgIpc) is 3.19. The number of hydrogen-bond acceptors (Lipinski definition) is 7. The Balaban J connectivity index is 0.00000294. The van der Waals surface area contributed by atoms with Gasteiger partial charge < -0.3 is 15.1 Å². The van der Waals surface area contributed by atoms with Crippen LogP contribution in [0.3, 0.4) is 0 Å². The van der Waals surface area contributed by atoms with E-state index in [0.29, 0.717) is 18.0 Å². The summed E-state index contributed by atoms with van der Waals surface area (Å²) >= 11 is 0. The van der Waals surface area contributed by atoms with E-state index in [2.05, 4.69) is 26.1 Å². The fraction of sp³-hybridized carbons (Fsp3) is 0.667. The molecule has 11 heteroatoms. The van der Waals surface area contributed by atoms with Gasteiger partial charge in [-0.3, -0.25) is 19.1 Å². The van der Waals surface area contributed by atoms with E-state index in [1.165, 1.54) is 43.4 Å². The molecule has 0 aliphatic carbocycles. The van der Waals surface area contributed by atoms with Gasteiger partial charge in [0.2, 0.25) is 11.8 Å². The molecule has 1 N–H and O–H groups in total. The summed E-state index contributed by atoms with van der Waals surface area (Å²) in [5.74, 6) is -0.618. The number of nitrogens with one attached hydrogen (secondary N) is 1. The van der Waals surface area contributed by atoms with Crippen molar-refractivity contribution in [3.05, 3.63) is 28.7 Å². The number of carbonyl (C=O) groups excluding carboxylic acids is 2. The third-order valence-electron chi connectivity index (χ3n) is 8.97. The SMILES string of the molecule is Cl.Cn1c(=O)n(N2C(=O)CCCC2=O)c2cccc(N3CCN(C4CCN(C5CCNCC5)CC4)CC3)c21.